The van der Waals surface area contributed by atoms with Gasteiger partial charge in [0.25, 0.3) is 0 Å². The number of rotatable bonds is 7. The van der Waals surface area contributed by atoms with Crippen molar-refractivity contribution in [2.45, 2.75) is 58.5 Å². The highest BCUT2D eigenvalue weighted by atomic mass is 15.3. The molecule has 1 aliphatic heterocycles. The molecular formula is C16H30N4. The number of nitrogens with one attached hydrogen (secondary N) is 1. The average molecular weight is 278 g/mol. The highest BCUT2D eigenvalue weighted by molar-refractivity contribution is 5.16. The van der Waals surface area contributed by atoms with Crippen LogP contribution < -0.4 is 5.32 Å². The van der Waals surface area contributed by atoms with Gasteiger partial charge in [-0.3, -0.25) is 9.58 Å². The molecule has 2 rings (SSSR count). The average Bonchev–Trinajstić information content (AvgIpc) is 2.80. The fourth-order valence-corrected chi connectivity index (χ4v) is 3.20. The summed E-state index contributed by atoms with van der Waals surface area (Å²) >= 11 is 0. The third-order valence-corrected chi connectivity index (χ3v) is 4.15. The molecule has 0 spiro atoms. The molecule has 0 aliphatic carbocycles. The van der Waals surface area contributed by atoms with E-state index in [1.807, 2.05) is 11.7 Å². The van der Waals surface area contributed by atoms with E-state index in [1.54, 1.807) is 0 Å². The van der Waals surface area contributed by atoms with Crippen LogP contribution in [-0.4, -0.2) is 40.4 Å². The van der Waals surface area contributed by atoms with Crippen molar-refractivity contribution in [2.75, 3.05) is 19.6 Å². The molecule has 20 heavy (non-hydrogen) atoms. The van der Waals surface area contributed by atoms with Gasteiger partial charge in [-0.2, -0.15) is 5.10 Å². The van der Waals surface area contributed by atoms with E-state index in [0.717, 1.165) is 13.0 Å². The molecule has 1 unspecified atom stereocenters. The van der Waals surface area contributed by atoms with E-state index in [0.29, 0.717) is 6.04 Å². The molecule has 1 fully saturated rings. The standard InChI is InChI=1S/C16H30N4/c1-4-10-20(13-15-8-6-7-9-17-15)12-14-11-19(3)18-16(14)5-2/h11,15,17H,4-10,12-13H2,1-3H3. The van der Waals surface area contributed by atoms with Crippen LogP contribution in [0.15, 0.2) is 6.20 Å². The van der Waals surface area contributed by atoms with Gasteiger partial charge in [0.15, 0.2) is 0 Å². The molecule has 0 amide bonds. The van der Waals surface area contributed by atoms with E-state index < -0.39 is 0 Å². The van der Waals surface area contributed by atoms with Crippen LogP contribution in [0.1, 0.15) is 50.8 Å². The Labute approximate surface area is 123 Å². The smallest absolute Gasteiger partial charge is 0.0666 e. The Kier molecular flexibility index (Phi) is 6.05. The van der Waals surface area contributed by atoms with Crippen LogP contribution in [0.3, 0.4) is 0 Å². The summed E-state index contributed by atoms with van der Waals surface area (Å²) in [4.78, 5) is 2.60. The van der Waals surface area contributed by atoms with Gasteiger partial charge in [0.2, 0.25) is 0 Å². The zero-order chi connectivity index (χ0) is 14.4. The lowest BCUT2D eigenvalue weighted by Gasteiger charge is -2.30. The lowest BCUT2D eigenvalue weighted by atomic mass is 10.0. The molecule has 2 heterocycles. The summed E-state index contributed by atoms with van der Waals surface area (Å²) in [6, 6.07) is 0.678. The minimum Gasteiger partial charge on any atom is -0.313 e. The SMILES string of the molecule is CCCN(Cc1cn(C)nc1CC)CC1CCCCN1. The Morgan fingerprint density at radius 2 is 2.25 bits per heavy atom. The highest BCUT2D eigenvalue weighted by Gasteiger charge is 2.18. The zero-order valence-electron chi connectivity index (χ0n) is 13.4. The predicted molar refractivity (Wildman–Crippen MR) is 83.8 cm³/mol. The van der Waals surface area contributed by atoms with Crippen LogP contribution in [0.4, 0.5) is 0 Å². The van der Waals surface area contributed by atoms with Crippen molar-refractivity contribution < 1.29 is 0 Å². The maximum Gasteiger partial charge on any atom is 0.0666 e. The molecule has 1 aromatic rings. The minimum atomic E-state index is 0.678. The topological polar surface area (TPSA) is 33.1 Å². The molecular weight excluding hydrogens is 248 g/mol. The molecule has 1 aliphatic rings. The molecule has 4 nitrogen and oxygen atoms in total. The molecule has 0 bridgehead atoms. The fourth-order valence-electron chi connectivity index (χ4n) is 3.20. The van der Waals surface area contributed by atoms with Crippen LogP contribution in [0.5, 0.6) is 0 Å². The summed E-state index contributed by atoms with van der Waals surface area (Å²) in [5.41, 5.74) is 2.66. The molecule has 4 heteroatoms. The van der Waals surface area contributed by atoms with Gasteiger partial charge in [0.05, 0.1) is 5.69 Å². The third kappa shape index (κ3) is 4.32. The maximum atomic E-state index is 4.56. The number of aryl methyl sites for hydroxylation is 2. The van der Waals surface area contributed by atoms with Gasteiger partial charge in [-0.25, -0.2) is 0 Å². The van der Waals surface area contributed by atoms with Crippen molar-refractivity contribution in [1.82, 2.24) is 20.0 Å². The molecule has 1 N–H and O–H groups in total. The normalized spacial score (nSPS) is 19.7. The number of aromatic nitrogens is 2. The van der Waals surface area contributed by atoms with Crippen molar-refractivity contribution in [3.05, 3.63) is 17.5 Å². The third-order valence-electron chi connectivity index (χ3n) is 4.15. The number of piperidine rings is 1. The van der Waals surface area contributed by atoms with Gasteiger partial charge >= 0.3 is 0 Å². The monoisotopic (exact) mass is 278 g/mol. The highest BCUT2D eigenvalue weighted by Crippen LogP contribution is 2.14. The Bertz CT molecular complexity index is 393. The summed E-state index contributed by atoms with van der Waals surface area (Å²) in [6.45, 7) is 9.05. The van der Waals surface area contributed by atoms with Crippen LogP contribution in [-0.2, 0) is 20.0 Å². The van der Waals surface area contributed by atoms with E-state index in [4.69, 9.17) is 0 Å². The summed E-state index contributed by atoms with van der Waals surface area (Å²) in [5, 5.41) is 8.23. The van der Waals surface area contributed by atoms with E-state index in [2.05, 4.69) is 35.4 Å². The van der Waals surface area contributed by atoms with Crippen LogP contribution in [0, 0.1) is 0 Å². The van der Waals surface area contributed by atoms with Gasteiger partial charge in [0.1, 0.15) is 0 Å². The Hall–Kier alpha value is -0.870. The Morgan fingerprint density at radius 3 is 2.90 bits per heavy atom. The molecule has 0 aromatic carbocycles. The van der Waals surface area contributed by atoms with Crippen LogP contribution >= 0.6 is 0 Å². The second kappa shape index (κ2) is 7.79. The molecule has 1 saturated heterocycles. The Balaban J connectivity index is 1.96. The minimum absolute atomic E-state index is 0.678. The largest absolute Gasteiger partial charge is 0.313 e. The first-order valence-electron chi connectivity index (χ1n) is 8.20. The molecule has 0 radical (unpaired) electrons. The molecule has 1 aromatic heterocycles. The molecule has 1 atom stereocenters. The van der Waals surface area contributed by atoms with Gasteiger partial charge in [-0.05, 0) is 38.8 Å². The van der Waals surface area contributed by atoms with Gasteiger partial charge in [-0.1, -0.05) is 20.3 Å². The van der Waals surface area contributed by atoms with E-state index in [9.17, 15) is 0 Å². The van der Waals surface area contributed by atoms with Crippen molar-refractivity contribution in [3.63, 3.8) is 0 Å². The zero-order valence-corrected chi connectivity index (χ0v) is 13.4. The molecule has 114 valence electrons. The van der Waals surface area contributed by atoms with Crippen molar-refractivity contribution in [2.24, 2.45) is 7.05 Å². The fraction of sp³-hybridized carbons (Fsp3) is 0.812. The van der Waals surface area contributed by atoms with Crippen molar-refractivity contribution >= 4 is 0 Å². The molecule has 0 saturated carbocycles. The van der Waals surface area contributed by atoms with Gasteiger partial charge in [0, 0.05) is 37.9 Å². The first kappa shape index (κ1) is 15.5. The van der Waals surface area contributed by atoms with Gasteiger partial charge < -0.3 is 5.32 Å². The first-order chi connectivity index (χ1) is 9.72. The lowest BCUT2D eigenvalue weighted by Crippen LogP contribution is -2.43. The maximum absolute atomic E-state index is 4.56. The quantitative estimate of drug-likeness (QED) is 0.831. The van der Waals surface area contributed by atoms with Crippen molar-refractivity contribution in [1.29, 1.82) is 0 Å². The number of nitrogens with zero attached hydrogens (tertiary/aromatic N) is 3. The first-order valence-corrected chi connectivity index (χ1v) is 8.20. The van der Waals surface area contributed by atoms with E-state index in [1.165, 1.54) is 56.6 Å². The van der Waals surface area contributed by atoms with Gasteiger partial charge in [-0.15, -0.1) is 0 Å². The number of hydrogen-bond donors (Lipinski definition) is 1. The van der Waals surface area contributed by atoms with Crippen LogP contribution in [0.25, 0.3) is 0 Å². The summed E-state index contributed by atoms with van der Waals surface area (Å²) < 4.78 is 1.96. The lowest BCUT2D eigenvalue weighted by molar-refractivity contribution is 0.217. The second-order valence-corrected chi connectivity index (χ2v) is 6.01. The predicted octanol–water partition coefficient (Wildman–Crippen LogP) is 2.34. The Morgan fingerprint density at radius 1 is 1.40 bits per heavy atom. The van der Waals surface area contributed by atoms with Crippen molar-refractivity contribution in [3.8, 4) is 0 Å². The summed E-state index contributed by atoms with van der Waals surface area (Å²) in [5.74, 6) is 0. The van der Waals surface area contributed by atoms with Crippen LogP contribution in [0.2, 0.25) is 0 Å². The summed E-state index contributed by atoms with van der Waals surface area (Å²) in [6.07, 6.45) is 8.48. The van der Waals surface area contributed by atoms with E-state index >= 15 is 0 Å². The summed E-state index contributed by atoms with van der Waals surface area (Å²) in [7, 11) is 2.02. The number of hydrogen-bond acceptors (Lipinski definition) is 3. The second-order valence-electron chi connectivity index (χ2n) is 6.01. The van der Waals surface area contributed by atoms with E-state index in [-0.39, 0.29) is 0 Å².